The van der Waals surface area contributed by atoms with Crippen molar-refractivity contribution in [1.82, 2.24) is 15.3 Å². The van der Waals surface area contributed by atoms with E-state index in [1.54, 1.807) is 6.92 Å². The molecule has 0 aliphatic heterocycles. The van der Waals surface area contributed by atoms with Gasteiger partial charge in [0, 0.05) is 12.0 Å². The predicted octanol–water partition coefficient (Wildman–Crippen LogP) is 1.09. The van der Waals surface area contributed by atoms with E-state index in [1.807, 2.05) is 13.8 Å². The second kappa shape index (κ2) is 4.31. The summed E-state index contributed by atoms with van der Waals surface area (Å²) in [6.07, 6.45) is 2.14. The minimum atomic E-state index is -0.353. The fourth-order valence-electron chi connectivity index (χ4n) is 1.76. The maximum Gasteiger partial charge on any atom is 0.264 e. The number of aromatic nitrogens is 2. The molecule has 0 bridgehead atoms. The minimum absolute atomic E-state index is 0.00408. The second-order valence-corrected chi connectivity index (χ2v) is 4.81. The number of carbonyl (C=O) groups is 1. The van der Waals surface area contributed by atoms with Crippen molar-refractivity contribution < 1.29 is 4.79 Å². The van der Waals surface area contributed by atoms with Gasteiger partial charge in [-0.15, -0.1) is 0 Å². The van der Waals surface area contributed by atoms with Crippen LogP contribution < -0.4 is 10.9 Å². The molecule has 0 radical (unpaired) electrons. The summed E-state index contributed by atoms with van der Waals surface area (Å²) in [4.78, 5) is 30.7. The average molecular weight is 235 g/mol. The number of nitrogens with zero attached hydrogens (tertiary/aromatic N) is 1. The zero-order valence-electron chi connectivity index (χ0n) is 10.3. The van der Waals surface area contributed by atoms with Crippen LogP contribution in [-0.4, -0.2) is 21.9 Å². The van der Waals surface area contributed by atoms with Gasteiger partial charge in [0.05, 0.1) is 5.69 Å². The fourth-order valence-corrected chi connectivity index (χ4v) is 1.76. The van der Waals surface area contributed by atoms with Crippen LogP contribution >= 0.6 is 0 Å². The zero-order chi connectivity index (χ0) is 12.6. The topological polar surface area (TPSA) is 74.8 Å². The Morgan fingerprint density at radius 3 is 2.59 bits per heavy atom. The Bertz CT molecular complexity index is 501. The van der Waals surface area contributed by atoms with Crippen LogP contribution in [0.4, 0.5) is 0 Å². The fraction of sp³-hybridized carbons (Fsp3) is 0.583. The van der Waals surface area contributed by atoms with Crippen molar-refractivity contribution in [3.63, 3.8) is 0 Å². The summed E-state index contributed by atoms with van der Waals surface area (Å²) in [6, 6.07) is 0.00408. The van der Waals surface area contributed by atoms with Crippen molar-refractivity contribution in [3.05, 3.63) is 27.4 Å². The molecule has 1 fully saturated rings. The Labute approximate surface area is 99.7 Å². The molecule has 92 valence electrons. The Hall–Kier alpha value is -1.65. The normalized spacial score (nSPS) is 15.1. The van der Waals surface area contributed by atoms with Crippen LogP contribution in [-0.2, 0) is 0 Å². The molecule has 1 aliphatic rings. The van der Waals surface area contributed by atoms with Crippen molar-refractivity contribution in [2.45, 2.75) is 45.6 Å². The molecule has 0 saturated heterocycles. The van der Waals surface area contributed by atoms with Crippen LogP contribution in [0.25, 0.3) is 0 Å². The first-order chi connectivity index (χ1) is 7.99. The van der Waals surface area contributed by atoms with E-state index in [9.17, 15) is 9.59 Å². The third kappa shape index (κ3) is 2.54. The second-order valence-electron chi connectivity index (χ2n) is 4.81. The molecule has 0 unspecified atom stereocenters. The van der Waals surface area contributed by atoms with Gasteiger partial charge in [0.15, 0.2) is 0 Å². The molecule has 5 heteroatoms. The van der Waals surface area contributed by atoms with Gasteiger partial charge in [-0.1, -0.05) is 0 Å². The molecule has 1 aliphatic carbocycles. The van der Waals surface area contributed by atoms with Crippen molar-refractivity contribution >= 4 is 5.91 Å². The molecule has 0 aromatic carbocycles. The lowest BCUT2D eigenvalue weighted by Crippen LogP contribution is -2.35. The van der Waals surface area contributed by atoms with Crippen molar-refractivity contribution in [1.29, 1.82) is 0 Å². The van der Waals surface area contributed by atoms with Gasteiger partial charge in [0.2, 0.25) is 0 Å². The summed E-state index contributed by atoms with van der Waals surface area (Å²) in [5, 5.41) is 2.71. The van der Waals surface area contributed by atoms with Gasteiger partial charge in [-0.05, 0) is 33.6 Å². The number of aryl methyl sites for hydroxylation is 1. The first-order valence-electron chi connectivity index (χ1n) is 5.90. The van der Waals surface area contributed by atoms with Crippen LogP contribution in [0.1, 0.15) is 54.5 Å². The number of H-pyrrole nitrogens is 1. The smallest absolute Gasteiger partial charge is 0.264 e. The summed E-state index contributed by atoms with van der Waals surface area (Å²) in [5.41, 5.74) is 0.300. The van der Waals surface area contributed by atoms with Gasteiger partial charge in [-0.25, -0.2) is 4.98 Å². The van der Waals surface area contributed by atoms with E-state index in [1.165, 1.54) is 0 Å². The highest BCUT2D eigenvalue weighted by molar-refractivity contribution is 5.94. The molecule has 1 saturated carbocycles. The maximum absolute atomic E-state index is 11.9. The van der Waals surface area contributed by atoms with Gasteiger partial charge in [0.25, 0.3) is 11.5 Å². The molecule has 1 amide bonds. The van der Waals surface area contributed by atoms with E-state index in [2.05, 4.69) is 15.3 Å². The molecule has 0 atom stereocenters. The summed E-state index contributed by atoms with van der Waals surface area (Å²) in [5.74, 6) is 0.741. The molecule has 1 heterocycles. The molecule has 5 nitrogen and oxygen atoms in total. The number of rotatable bonds is 3. The number of aromatic amines is 1. The average Bonchev–Trinajstić information content (AvgIpc) is 2.97. The molecule has 1 aromatic heterocycles. The molecule has 0 spiro atoms. The first-order valence-corrected chi connectivity index (χ1v) is 5.90. The Morgan fingerprint density at radius 2 is 2.12 bits per heavy atom. The zero-order valence-corrected chi connectivity index (χ0v) is 10.3. The Morgan fingerprint density at radius 1 is 1.47 bits per heavy atom. The van der Waals surface area contributed by atoms with Gasteiger partial charge in [0.1, 0.15) is 11.4 Å². The first kappa shape index (κ1) is 11.8. The van der Waals surface area contributed by atoms with Crippen LogP contribution in [0.15, 0.2) is 4.79 Å². The van der Waals surface area contributed by atoms with Crippen molar-refractivity contribution in [3.8, 4) is 0 Å². The van der Waals surface area contributed by atoms with Crippen LogP contribution in [0.5, 0.6) is 0 Å². The molecular weight excluding hydrogens is 218 g/mol. The monoisotopic (exact) mass is 235 g/mol. The summed E-state index contributed by atoms with van der Waals surface area (Å²) < 4.78 is 0. The summed E-state index contributed by atoms with van der Waals surface area (Å²) >= 11 is 0. The standard InChI is InChI=1S/C12H17N3O2/c1-6(2)13-11(16)9-7(3)14-10(8-4-5-8)15-12(9)17/h6,8H,4-5H2,1-3H3,(H,13,16)(H,14,15,17). The number of nitrogens with one attached hydrogen (secondary N) is 2. The quantitative estimate of drug-likeness (QED) is 0.823. The summed E-state index contributed by atoms with van der Waals surface area (Å²) in [6.45, 7) is 5.41. The molecule has 17 heavy (non-hydrogen) atoms. The molecule has 2 N–H and O–H groups in total. The highest BCUT2D eigenvalue weighted by atomic mass is 16.2. The van der Waals surface area contributed by atoms with E-state index in [4.69, 9.17) is 0 Å². The van der Waals surface area contributed by atoms with Crippen LogP contribution in [0, 0.1) is 6.92 Å². The predicted molar refractivity (Wildman–Crippen MR) is 64.2 cm³/mol. The van der Waals surface area contributed by atoms with Crippen LogP contribution in [0.2, 0.25) is 0 Å². The lowest BCUT2D eigenvalue weighted by molar-refractivity contribution is 0.0940. The number of amides is 1. The van der Waals surface area contributed by atoms with E-state index in [-0.39, 0.29) is 23.1 Å². The summed E-state index contributed by atoms with van der Waals surface area (Å²) in [7, 11) is 0. The Balaban J connectivity index is 2.34. The molecule has 2 rings (SSSR count). The molecule has 1 aromatic rings. The lowest BCUT2D eigenvalue weighted by Gasteiger charge is -2.10. The molecular formula is C12H17N3O2. The Kier molecular flexibility index (Phi) is 3.00. The minimum Gasteiger partial charge on any atom is -0.350 e. The highest BCUT2D eigenvalue weighted by Crippen LogP contribution is 2.37. The van der Waals surface area contributed by atoms with Crippen LogP contribution in [0.3, 0.4) is 0 Å². The van der Waals surface area contributed by atoms with Gasteiger partial charge in [-0.2, -0.15) is 0 Å². The third-order valence-electron chi connectivity index (χ3n) is 2.73. The highest BCUT2D eigenvalue weighted by Gasteiger charge is 2.28. The SMILES string of the molecule is Cc1nc(C2CC2)[nH]c(=O)c1C(=O)NC(C)C. The maximum atomic E-state index is 11.9. The van der Waals surface area contributed by atoms with Crippen molar-refractivity contribution in [2.75, 3.05) is 0 Å². The van der Waals surface area contributed by atoms with E-state index in [0.717, 1.165) is 12.8 Å². The number of hydrogen-bond donors (Lipinski definition) is 2. The van der Waals surface area contributed by atoms with E-state index >= 15 is 0 Å². The largest absolute Gasteiger partial charge is 0.350 e. The third-order valence-corrected chi connectivity index (χ3v) is 2.73. The van der Waals surface area contributed by atoms with Gasteiger partial charge < -0.3 is 10.3 Å². The van der Waals surface area contributed by atoms with Gasteiger partial charge in [-0.3, -0.25) is 9.59 Å². The van der Waals surface area contributed by atoms with E-state index < -0.39 is 0 Å². The number of hydrogen-bond acceptors (Lipinski definition) is 3. The number of carbonyl (C=O) groups excluding carboxylic acids is 1. The van der Waals surface area contributed by atoms with Crippen molar-refractivity contribution in [2.24, 2.45) is 0 Å². The lowest BCUT2D eigenvalue weighted by atomic mass is 10.2. The van der Waals surface area contributed by atoms with E-state index in [0.29, 0.717) is 17.4 Å². The van der Waals surface area contributed by atoms with Gasteiger partial charge >= 0.3 is 0 Å².